The molecule has 10 heavy (non-hydrogen) atoms. The molecule has 1 aliphatic rings. The molecule has 0 bridgehead atoms. The van der Waals surface area contributed by atoms with Gasteiger partial charge in [-0.3, -0.25) is 0 Å². The minimum absolute atomic E-state index is 0.471. The van der Waals surface area contributed by atoms with Crippen LogP contribution in [0.2, 0.25) is 0 Å². The fourth-order valence-corrected chi connectivity index (χ4v) is 2.00. The van der Waals surface area contributed by atoms with Crippen LogP contribution in [0.4, 0.5) is 0 Å². The van der Waals surface area contributed by atoms with Gasteiger partial charge in [-0.25, -0.2) is 4.98 Å². The van der Waals surface area contributed by atoms with Gasteiger partial charge in [0.1, 0.15) is 0 Å². The molecule has 0 amide bonds. The van der Waals surface area contributed by atoms with Gasteiger partial charge in [-0.1, -0.05) is 6.92 Å². The summed E-state index contributed by atoms with van der Waals surface area (Å²) in [7, 11) is 0. The Bertz CT molecular complexity index is 248. The Hall–Kier alpha value is -0.370. The predicted octanol–water partition coefficient (Wildman–Crippen LogP) is 2.50. The van der Waals surface area contributed by atoms with Gasteiger partial charge in [0.05, 0.1) is 5.01 Å². The molecule has 0 spiro atoms. The molecule has 1 aromatic heterocycles. The zero-order valence-corrected chi connectivity index (χ0v) is 7.16. The van der Waals surface area contributed by atoms with Crippen LogP contribution in [-0.4, -0.2) is 4.98 Å². The number of nitrogens with zero attached hydrogens (tertiary/aromatic N) is 1. The van der Waals surface area contributed by atoms with Crippen LogP contribution in [-0.2, 0) is 5.41 Å². The Morgan fingerprint density at radius 2 is 2.30 bits per heavy atom. The van der Waals surface area contributed by atoms with Crippen LogP contribution >= 0.6 is 11.3 Å². The molecular formula is C8H11NS. The van der Waals surface area contributed by atoms with E-state index in [1.165, 1.54) is 22.7 Å². The van der Waals surface area contributed by atoms with Gasteiger partial charge < -0.3 is 0 Å². The van der Waals surface area contributed by atoms with Crippen LogP contribution in [0.3, 0.4) is 0 Å². The van der Waals surface area contributed by atoms with E-state index in [1.807, 2.05) is 17.5 Å². The first-order chi connectivity index (χ1) is 4.71. The van der Waals surface area contributed by atoms with Crippen molar-refractivity contribution < 1.29 is 0 Å². The summed E-state index contributed by atoms with van der Waals surface area (Å²) in [5, 5.41) is 1.34. The molecule has 1 nitrogen and oxygen atoms in total. The van der Waals surface area contributed by atoms with Crippen molar-refractivity contribution in [2.45, 2.75) is 32.1 Å². The lowest BCUT2D eigenvalue weighted by Crippen LogP contribution is -1.96. The quantitative estimate of drug-likeness (QED) is 0.604. The molecule has 54 valence electrons. The first kappa shape index (κ1) is 6.35. The zero-order chi connectivity index (χ0) is 7.19. The van der Waals surface area contributed by atoms with Crippen molar-refractivity contribution in [2.24, 2.45) is 0 Å². The third kappa shape index (κ3) is 0.870. The Morgan fingerprint density at radius 1 is 1.60 bits per heavy atom. The largest absolute Gasteiger partial charge is 0.249 e. The first-order valence-electron chi connectivity index (χ1n) is 3.64. The topological polar surface area (TPSA) is 12.9 Å². The number of thiazole rings is 1. The summed E-state index contributed by atoms with van der Waals surface area (Å²) in [6, 6.07) is 0. The van der Waals surface area contributed by atoms with E-state index in [2.05, 4.69) is 18.8 Å². The van der Waals surface area contributed by atoms with E-state index < -0.39 is 0 Å². The molecule has 1 heterocycles. The maximum atomic E-state index is 4.37. The van der Waals surface area contributed by atoms with E-state index in [0.29, 0.717) is 5.41 Å². The number of rotatable bonds is 1. The van der Waals surface area contributed by atoms with Crippen LogP contribution in [0.5, 0.6) is 0 Å². The van der Waals surface area contributed by atoms with Gasteiger partial charge in [0.25, 0.3) is 0 Å². The highest BCUT2D eigenvalue weighted by Crippen LogP contribution is 2.48. The van der Waals surface area contributed by atoms with Crippen molar-refractivity contribution in [2.75, 3.05) is 0 Å². The molecule has 1 fully saturated rings. The average molecular weight is 153 g/mol. The third-order valence-corrected chi connectivity index (χ3v) is 3.36. The molecule has 0 saturated heterocycles. The Kier molecular flexibility index (Phi) is 1.15. The van der Waals surface area contributed by atoms with Crippen LogP contribution in [0.1, 0.15) is 29.7 Å². The molecule has 0 atom stereocenters. The normalized spacial score (nSPS) is 21.0. The Morgan fingerprint density at radius 3 is 2.70 bits per heavy atom. The van der Waals surface area contributed by atoms with Gasteiger partial charge in [0.2, 0.25) is 0 Å². The average Bonchev–Trinajstić information content (AvgIpc) is 2.45. The van der Waals surface area contributed by atoms with Crippen molar-refractivity contribution in [1.29, 1.82) is 0 Å². The molecule has 2 heteroatoms. The highest BCUT2D eigenvalue weighted by Gasteiger charge is 2.41. The summed E-state index contributed by atoms with van der Waals surface area (Å²) in [6.45, 7) is 4.41. The van der Waals surface area contributed by atoms with E-state index in [0.717, 1.165) is 0 Å². The zero-order valence-electron chi connectivity index (χ0n) is 6.35. The summed E-state index contributed by atoms with van der Waals surface area (Å²) in [5.41, 5.74) is 0.471. The molecule has 0 unspecified atom stereocenters. The van der Waals surface area contributed by atoms with Gasteiger partial charge in [-0.2, -0.15) is 0 Å². The fraction of sp³-hybridized carbons (Fsp3) is 0.625. The van der Waals surface area contributed by atoms with Crippen molar-refractivity contribution in [3.8, 4) is 0 Å². The van der Waals surface area contributed by atoms with Gasteiger partial charge in [0.15, 0.2) is 0 Å². The van der Waals surface area contributed by atoms with Gasteiger partial charge in [-0.15, -0.1) is 11.3 Å². The van der Waals surface area contributed by atoms with Gasteiger partial charge >= 0.3 is 0 Å². The van der Waals surface area contributed by atoms with Gasteiger partial charge in [-0.05, 0) is 19.8 Å². The number of aryl methyl sites for hydroxylation is 1. The molecule has 2 rings (SSSR count). The summed E-state index contributed by atoms with van der Waals surface area (Å²) in [4.78, 5) is 5.70. The third-order valence-electron chi connectivity index (χ3n) is 2.14. The van der Waals surface area contributed by atoms with E-state index >= 15 is 0 Å². The van der Waals surface area contributed by atoms with Crippen LogP contribution in [0.15, 0.2) is 6.20 Å². The second kappa shape index (κ2) is 1.82. The second-order valence-corrected chi connectivity index (χ2v) is 4.57. The molecule has 1 saturated carbocycles. The van der Waals surface area contributed by atoms with E-state index in [4.69, 9.17) is 0 Å². The lowest BCUT2D eigenvalue weighted by atomic mass is 10.2. The summed E-state index contributed by atoms with van der Waals surface area (Å²) >= 11 is 1.85. The first-order valence-corrected chi connectivity index (χ1v) is 4.45. The molecular weight excluding hydrogens is 142 g/mol. The minimum atomic E-state index is 0.471. The number of aromatic nitrogens is 1. The second-order valence-electron chi connectivity index (χ2n) is 3.34. The monoisotopic (exact) mass is 153 g/mol. The summed E-state index contributed by atoms with van der Waals surface area (Å²) in [5.74, 6) is 0. The molecule has 0 N–H and O–H groups in total. The Labute approximate surface area is 65.1 Å². The highest BCUT2D eigenvalue weighted by molar-refractivity contribution is 7.11. The molecule has 0 radical (unpaired) electrons. The summed E-state index contributed by atoms with van der Waals surface area (Å²) in [6.07, 6.45) is 4.64. The van der Waals surface area contributed by atoms with Crippen LogP contribution in [0.25, 0.3) is 0 Å². The van der Waals surface area contributed by atoms with Gasteiger partial charge in [0, 0.05) is 16.5 Å². The summed E-state index contributed by atoms with van der Waals surface area (Å²) < 4.78 is 0. The van der Waals surface area contributed by atoms with Crippen LogP contribution < -0.4 is 0 Å². The van der Waals surface area contributed by atoms with Crippen LogP contribution in [0, 0.1) is 6.92 Å². The number of hydrogen-bond acceptors (Lipinski definition) is 2. The van der Waals surface area contributed by atoms with E-state index in [1.54, 1.807) is 0 Å². The highest BCUT2D eigenvalue weighted by atomic mass is 32.1. The molecule has 1 aromatic rings. The van der Waals surface area contributed by atoms with Crippen molar-refractivity contribution in [3.63, 3.8) is 0 Å². The van der Waals surface area contributed by atoms with Crippen molar-refractivity contribution >= 4 is 11.3 Å². The predicted molar refractivity (Wildman–Crippen MR) is 43.4 cm³/mol. The molecule has 1 aliphatic carbocycles. The van der Waals surface area contributed by atoms with Crippen molar-refractivity contribution in [1.82, 2.24) is 4.98 Å². The maximum absolute atomic E-state index is 4.37. The lowest BCUT2D eigenvalue weighted by molar-refractivity contribution is 0.776. The SMILES string of the molecule is Cc1cnc(C2(C)CC2)s1. The minimum Gasteiger partial charge on any atom is -0.249 e. The standard InChI is InChI=1S/C8H11NS/c1-6-5-9-7(10-6)8(2)3-4-8/h5H,3-4H2,1-2H3. The Balaban J connectivity index is 2.34. The number of hydrogen-bond donors (Lipinski definition) is 0. The van der Waals surface area contributed by atoms with E-state index in [9.17, 15) is 0 Å². The maximum Gasteiger partial charge on any atom is 0.0986 e. The fourth-order valence-electron chi connectivity index (χ4n) is 1.04. The smallest absolute Gasteiger partial charge is 0.0986 e. The van der Waals surface area contributed by atoms with Crippen molar-refractivity contribution in [3.05, 3.63) is 16.1 Å². The lowest BCUT2D eigenvalue weighted by Gasteiger charge is -1.99. The molecule has 0 aliphatic heterocycles. The van der Waals surface area contributed by atoms with E-state index in [-0.39, 0.29) is 0 Å². The molecule has 0 aromatic carbocycles.